The number of anilines is 1. The van der Waals surface area contributed by atoms with Crippen LogP contribution in [0.25, 0.3) is 10.9 Å². The number of fused-ring (bicyclic) bond motifs is 1. The molecule has 1 aromatic carbocycles. The number of nitrogens with zero attached hydrogens (tertiary/aromatic N) is 4. The van der Waals surface area contributed by atoms with E-state index in [1.165, 1.54) is 10.9 Å². The summed E-state index contributed by atoms with van der Waals surface area (Å²) in [6.07, 6.45) is 1.38. The van der Waals surface area contributed by atoms with Gasteiger partial charge in [0.25, 0.3) is 0 Å². The van der Waals surface area contributed by atoms with Crippen molar-refractivity contribution in [1.82, 2.24) is 19.5 Å². The van der Waals surface area contributed by atoms with E-state index in [4.69, 9.17) is 5.73 Å². The summed E-state index contributed by atoms with van der Waals surface area (Å²) in [5.41, 5.74) is 6.58. The first-order valence-electron chi connectivity index (χ1n) is 5.76. The summed E-state index contributed by atoms with van der Waals surface area (Å²) in [4.78, 5) is 23.5. The topological polar surface area (TPSA) is 86.7 Å². The monoisotopic (exact) mass is 253 g/mol. The zero-order valence-electron chi connectivity index (χ0n) is 10.0. The lowest BCUT2D eigenvalue weighted by Gasteiger charge is -2.05. The van der Waals surface area contributed by atoms with E-state index in [1.54, 1.807) is 0 Å². The number of benzene rings is 1. The van der Waals surface area contributed by atoms with Crippen molar-refractivity contribution in [1.29, 1.82) is 0 Å². The first-order valence-corrected chi connectivity index (χ1v) is 5.76. The van der Waals surface area contributed by atoms with Gasteiger partial charge in [0.05, 0.1) is 17.8 Å². The lowest BCUT2D eigenvalue weighted by molar-refractivity contribution is 0.692. The number of para-hydroxylation sites is 1. The Morgan fingerprint density at radius 1 is 1.11 bits per heavy atom. The van der Waals surface area contributed by atoms with Gasteiger partial charge in [-0.2, -0.15) is 4.98 Å². The van der Waals surface area contributed by atoms with Crippen molar-refractivity contribution >= 4 is 16.9 Å². The van der Waals surface area contributed by atoms with E-state index >= 15 is 0 Å². The SMILES string of the molecule is Nc1ncn(Cc2ccc3ccccc3n2)c(=O)n1. The highest BCUT2D eigenvalue weighted by atomic mass is 16.1. The first-order chi connectivity index (χ1) is 9.22. The van der Waals surface area contributed by atoms with Gasteiger partial charge in [0.1, 0.15) is 6.33 Å². The van der Waals surface area contributed by atoms with Gasteiger partial charge in [0, 0.05) is 5.39 Å². The van der Waals surface area contributed by atoms with Crippen LogP contribution < -0.4 is 11.4 Å². The number of pyridine rings is 1. The Morgan fingerprint density at radius 2 is 1.95 bits per heavy atom. The van der Waals surface area contributed by atoms with Crippen molar-refractivity contribution in [3.05, 3.63) is 58.9 Å². The molecule has 0 spiro atoms. The predicted molar refractivity (Wildman–Crippen MR) is 71.5 cm³/mol. The van der Waals surface area contributed by atoms with Crippen LogP contribution in [0.15, 0.2) is 47.5 Å². The fourth-order valence-corrected chi connectivity index (χ4v) is 1.85. The van der Waals surface area contributed by atoms with Crippen LogP contribution in [0.4, 0.5) is 5.95 Å². The zero-order valence-corrected chi connectivity index (χ0v) is 10.0. The summed E-state index contributed by atoms with van der Waals surface area (Å²) in [5, 5.41) is 1.06. The molecule has 0 fully saturated rings. The predicted octanol–water partition coefficient (Wildman–Crippen LogP) is 0.817. The Morgan fingerprint density at radius 3 is 2.79 bits per heavy atom. The highest BCUT2D eigenvalue weighted by Crippen LogP contribution is 2.11. The molecule has 2 aromatic heterocycles. The van der Waals surface area contributed by atoms with Gasteiger partial charge in [0.2, 0.25) is 5.95 Å². The number of nitrogens with two attached hydrogens (primary N) is 1. The fraction of sp³-hybridized carbons (Fsp3) is 0.0769. The third-order valence-electron chi connectivity index (χ3n) is 2.77. The summed E-state index contributed by atoms with van der Waals surface area (Å²) in [5.74, 6) is -0.0206. The molecular weight excluding hydrogens is 242 g/mol. The molecule has 2 heterocycles. The molecule has 0 amide bonds. The summed E-state index contributed by atoms with van der Waals surface area (Å²) in [6, 6.07) is 11.7. The largest absolute Gasteiger partial charge is 0.368 e. The third kappa shape index (κ3) is 2.28. The summed E-state index contributed by atoms with van der Waals surface area (Å²) >= 11 is 0. The number of rotatable bonds is 2. The lowest BCUT2D eigenvalue weighted by atomic mass is 10.2. The first kappa shape index (κ1) is 11.3. The summed E-state index contributed by atoms with van der Waals surface area (Å²) in [7, 11) is 0. The Kier molecular flexibility index (Phi) is 2.68. The lowest BCUT2D eigenvalue weighted by Crippen LogP contribution is -2.25. The maximum Gasteiger partial charge on any atom is 0.352 e. The smallest absolute Gasteiger partial charge is 0.352 e. The van der Waals surface area contributed by atoms with E-state index in [2.05, 4.69) is 15.0 Å². The Labute approximate surface area is 108 Å². The van der Waals surface area contributed by atoms with Gasteiger partial charge in [-0.15, -0.1) is 0 Å². The zero-order chi connectivity index (χ0) is 13.2. The van der Waals surface area contributed by atoms with E-state index in [9.17, 15) is 4.79 Å². The number of nitrogen functional groups attached to an aromatic ring is 1. The van der Waals surface area contributed by atoms with Crippen LogP contribution in [-0.4, -0.2) is 19.5 Å². The maximum atomic E-state index is 11.6. The van der Waals surface area contributed by atoms with Gasteiger partial charge in [-0.1, -0.05) is 24.3 Å². The van der Waals surface area contributed by atoms with Crippen LogP contribution in [0.2, 0.25) is 0 Å². The van der Waals surface area contributed by atoms with Crippen molar-refractivity contribution in [2.45, 2.75) is 6.54 Å². The molecule has 0 aliphatic rings. The number of hydrogen-bond acceptors (Lipinski definition) is 5. The Bertz CT molecular complexity index is 796. The van der Waals surface area contributed by atoms with Crippen LogP contribution in [0.5, 0.6) is 0 Å². The second-order valence-corrected chi connectivity index (χ2v) is 4.12. The van der Waals surface area contributed by atoms with E-state index in [0.29, 0.717) is 6.54 Å². The molecule has 6 nitrogen and oxygen atoms in total. The molecule has 0 aliphatic carbocycles. The minimum atomic E-state index is -0.428. The van der Waals surface area contributed by atoms with Gasteiger partial charge < -0.3 is 5.73 Å². The van der Waals surface area contributed by atoms with Crippen molar-refractivity contribution in [2.24, 2.45) is 0 Å². The highest BCUT2D eigenvalue weighted by molar-refractivity contribution is 5.78. The second-order valence-electron chi connectivity index (χ2n) is 4.12. The molecule has 6 heteroatoms. The van der Waals surface area contributed by atoms with Crippen molar-refractivity contribution in [3.63, 3.8) is 0 Å². The van der Waals surface area contributed by atoms with Gasteiger partial charge in [0.15, 0.2) is 0 Å². The molecule has 94 valence electrons. The van der Waals surface area contributed by atoms with Crippen molar-refractivity contribution in [3.8, 4) is 0 Å². The van der Waals surface area contributed by atoms with Gasteiger partial charge in [-0.05, 0) is 12.1 Å². The van der Waals surface area contributed by atoms with Gasteiger partial charge in [-0.3, -0.25) is 9.55 Å². The number of hydrogen-bond donors (Lipinski definition) is 1. The maximum absolute atomic E-state index is 11.6. The van der Waals surface area contributed by atoms with E-state index in [0.717, 1.165) is 16.6 Å². The minimum Gasteiger partial charge on any atom is -0.368 e. The van der Waals surface area contributed by atoms with Crippen LogP contribution >= 0.6 is 0 Å². The van der Waals surface area contributed by atoms with E-state index in [-0.39, 0.29) is 5.95 Å². The Balaban J connectivity index is 1.99. The van der Waals surface area contributed by atoms with E-state index in [1.807, 2.05) is 36.4 Å². The normalized spacial score (nSPS) is 10.7. The summed E-state index contributed by atoms with van der Waals surface area (Å²) < 4.78 is 1.37. The van der Waals surface area contributed by atoms with Crippen LogP contribution in [0.1, 0.15) is 5.69 Å². The molecule has 0 unspecified atom stereocenters. The average Bonchev–Trinajstić information content (AvgIpc) is 2.42. The fourth-order valence-electron chi connectivity index (χ4n) is 1.85. The molecule has 0 saturated carbocycles. The third-order valence-corrected chi connectivity index (χ3v) is 2.77. The van der Waals surface area contributed by atoms with Crippen molar-refractivity contribution in [2.75, 3.05) is 5.73 Å². The van der Waals surface area contributed by atoms with Crippen LogP contribution in [-0.2, 0) is 6.54 Å². The molecule has 2 N–H and O–H groups in total. The molecule has 3 rings (SSSR count). The van der Waals surface area contributed by atoms with E-state index < -0.39 is 5.69 Å². The molecule has 0 saturated heterocycles. The molecule has 0 bridgehead atoms. The van der Waals surface area contributed by atoms with Gasteiger partial charge >= 0.3 is 5.69 Å². The molecule has 0 aliphatic heterocycles. The van der Waals surface area contributed by atoms with Crippen molar-refractivity contribution < 1.29 is 0 Å². The van der Waals surface area contributed by atoms with Crippen LogP contribution in [0.3, 0.4) is 0 Å². The summed E-state index contributed by atoms with van der Waals surface area (Å²) in [6.45, 7) is 0.323. The average molecular weight is 253 g/mol. The molecule has 3 aromatic rings. The standard InChI is InChI=1S/C13H11N5O/c14-12-15-8-18(13(19)17-12)7-10-6-5-9-3-1-2-4-11(9)16-10/h1-6,8H,7H2,(H2,14,17,19). The van der Waals surface area contributed by atoms with Crippen LogP contribution in [0, 0.1) is 0 Å². The second kappa shape index (κ2) is 4.49. The highest BCUT2D eigenvalue weighted by Gasteiger charge is 2.02. The molecule has 0 atom stereocenters. The quantitative estimate of drug-likeness (QED) is 0.730. The number of aromatic nitrogens is 4. The van der Waals surface area contributed by atoms with Gasteiger partial charge in [-0.25, -0.2) is 9.78 Å². The minimum absolute atomic E-state index is 0.0206. The molecular formula is C13H11N5O. The Hall–Kier alpha value is -2.76. The molecule has 19 heavy (non-hydrogen) atoms. The molecule has 0 radical (unpaired) electrons.